The van der Waals surface area contributed by atoms with Crippen molar-refractivity contribution in [2.24, 2.45) is 5.73 Å². The van der Waals surface area contributed by atoms with E-state index in [4.69, 9.17) is 5.73 Å². The molecule has 0 unspecified atom stereocenters. The van der Waals surface area contributed by atoms with Gasteiger partial charge in [-0.2, -0.15) is 13.2 Å². The van der Waals surface area contributed by atoms with Gasteiger partial charge in [-0.15, -0.1) is 0 Å². The second-order valence-electron chi connectivity index (χ2n) is 4.28. The van der Waals surface area contributed by atoms with Gasteiger partial charge in [0.1, 0.15) is 0 Å². The van der Waals surface area contributed by atoms with Crippen LogP contribution in [0.25, 0.3) is 0 Å². The van der Waals surface area contributed by atoms with Crippen molar-refractivity contribution in [3.8, 4) is 0 Å². The van der Waals surface area contributed by atoms with E-state index >= 15 is 0 Å². The molecule has 8 heteroatoms. The van der Waals surface area contributed by atoms with Crippen LogP contribution in [0.5, 0.6) is 0 Å². The molecule has 0 heterocycles. The molecule has 0 bridgehead atoms. The van der Waals surface area contributed by atoms with Gasteiger partial charge in [0.15, 0.2) is 0 Å². The Morgan fingerprint density at radius 1 is 1.15 bits per heavy atom. The quantitative estimate of drug-likeness (QED) is 0.758. The molecule has 114 valence electrons. The molecule has 0 saturated carbocycles. The van der Waals surface area contributed by atoms with E-state index in [-0.39, 0.29) is 30.8 Å². The smallest absolute Gasteiger partial charge is 0.326 e. The van der Waals surface area contributed by atoms with Crippen LogP contribution in [-0.4, -0.2) is 21.1 Å². The van der Waals surface area contributed by atoms with Crippen LogP contribution >= 0.6 is 0 Å². The van der Waals surface area contributed by atoms with Crippen LogP contribution in [0.4, 0.5) is 13.2 Å². The summed E-state index contributed by atoms with van der Waals surface area (Å²) in [6.07, 6.45) is -5.09. The van der Waals surface area contributed by atoms with E-state index in [2.05, 4.69) is 4.72 Å². The second-order valence-corrected chi connectivity index (χ2v) is 6.02. The Labute approximate surface area is 116 Å². The first-order chi connectivity index (χ1) is 9.26. The van der Waals surface area contributed by atoms with Crippen molar-refractivity contribution in [3.05, 3.63) is 29.8 Å². The van der Waals surface area contributed by atoms with Crippen molar-refractivity contribution in [2.45, 2.75) is 36.9 Å². The Morgan fingerprint density at radius 3 is 2.40 bits per heavy atom. The summed E-state index contributed by atoms with van der Waals surface area (Å²) in [4.78, 5) is 0.0679. The van der Waals surface area contributed by atoms with Gasteiger partial charge in [-0.1, -0.05) is 18.2 Å². The molecule has 0 spiro atoms. The van der Waals surface area contributed by atoms with E-state index in [9.17, 15) is 21.6 Å². The van der Waals surface area contributed by atoms with Crippen molar-refractivity contribution in [1.29, 1.82) is 0 Å². The Balaban J connectivity index is 2.54. The predicted octanol–water partition coefficient (Wildman–Crippen LogP) is 2.16. The summed E-state index contributed by atoms with van der Waals surface area (Å²) in [7, 11) is -3.73. The van der Waals surface area contributed by atoms with Crippen molar-refractivity contribution < 1.29 is 21.6 Å². The number of unbranched alkanes of at least 4 members (excludes halogenated alkanes) is 1. The highest BCUT2D eigenvalue weighted by atomic mass is 32.2. The summed E-state index contributed by atoms with van der Waals surface area (Å²) >= 11 is 0. The van der Waals surface area contributed by atoms with Crippen molar-refractivity contribution in [3.63, 3.8) is 0 Å². The van der Waals surface area contributed by atoms with Crippen molar-refractivity contribution >= 4 is 10.0 Å². The van der Waals surface area contributed by atoms with E-state index in [1.165, 1.54) is 6.07 Å². The summed E-state index contributed by atoms with van der Waals surface area (Å²) in [5, 5.41) is 0. The fourth-order valence-corrected chi connectivity index (χ4v) is 2.99. The van der Waals surface area contributed by atoms with Crippen LogP contribution in [0, 0.1) is 0 Å². The third-order valence-corrected chi connectivity index (χ3v) is 4.22. The number of nitrogens with one attached hydrogen (secondary N) is 1. The average Bonchev–Trinajstić information content (AvgIpc) is 2.36. The minimum atomic E-state index is -4.20. The minimum Gasteiger partial charge on any atom is -0.326 e. The molecule has 0 aromatic heterocycles. The maximum atomic E-state index is 12.0. The molecule has 4 nitrogen and oxygen atoms in total. The summed E-state index contributed by atoms with van der Waals surface area (Å²) in [6, 6.07) is 6.25. The standard InChI is InChI=1S/C12H17F3N2O2S/c13-12(14,15)7-3-4-8-17-20(18,19)11-6-2-1-5-10(11)9-16/h1-2,5-6,17H,3-4,7-9,16H2. The zero-order valence-corrected chi connectivity index (χ0v) is 11.6. The third-order valence-electron chi connectivity index (χ3n) is 2.66. The molecule has 0 atom stereocenters. The lowest BCUT2D eigenvalue weighted by Crippen LogP contribution is -2.26. The van der Waals surface area contributed by atoms with Gasteiger partial charge in [-0.05, 0) is 24.5 Å². The molecule has 1 aromatic carbocycles. The second kappa shape index (κ2) is 7.05. The highest BCUT2D eigenvalue weighted by molar-refractivity contribution is 7.89. The van der Waals surface area contributed by atoms with Gasteiger partial charge in [0, 0.05) is 19.5 Å². The molecule has 0 amide bonds. The van der Waals surface area contributed by atoms with Crippen LogP contribution in [0.1, 0.15) is 24.8 Å². The predicted molar refractivity (Wildman–Crippen MR) is 69.4 cm³/mol. The molecule has 1 rings (SSSR count). The number of sulfonamides is 1. The van der Waals surface area contributed by atoms with Gasteiger partial charge < -0.3 is 5.73 Å². The number of hydrogen-bond acceptors (Lipinski definition) is 3. The van der Waals surface area contributed by atoms with Gasteiger partial charge in [-0.3, -0.25) is 0 Å². The van der Waals surface area contributed by atoms with Crippen LogP contribution in [0.15, 0.2) is 29.2 Å². The lowest BCUT2D eigenvalue weighted by molar-refractivity contribution is -0.135. The molecule has 0 aliphatic carbocycles. The topological polar surface area (TPSA) is 72.2 Å². The fraction of sp³-hybridized carbons (Fsp3) is 0.500. The number of benzene rings is 1. The van der Waals surface area contributed by atoms with Gasteiger partial charge in [0.25, 0.3) is 0 Å². The van der Waals surface area contributed by atoms with Gasteiger partial charge in [0.05, 0.1) is 4.90 Å². The molecule has 1 aromatic rings. The number of hydrogen-bond donors (Lipinski definition) is 2. The first-order valence-corrected chi connectivity index (χ1v) is 7.59. The third kappa shape index (κ3) is 5.48. The summed E-state index contributed by atoms with van der Waals surface area (Å²) in [5.41, 5.74) is 5.92. The highest BCUT2D eigenvalue weighted by Crippen LogP contribution is 2.22. The maximum Gasteiger partial charge on any atom is 0.389 e. The lowest BCUT2D eigenvalue weighted by Gasteiger charge is -2.10. The van der Waals surface area contributed by atoms with Crippen molar-refractivity contribution in [2.75, 3.05) is 6.54 Å². The van der Waals surface area contributed by atoms with E-state index in [0.717, 1.165) is 0 Å². The van der Waals surface area contributed by atoms with Crippen LogP contribution < -0.4 is 10.5 Å². The largest absolute Gasteiger partial charge is 0.389 e. The number of rotatable bonds is 7. The maximum absolute atomic E-state index is 12.0. The normalized spacial score (nSPS) is 12.6. The molecule has 0 radical (unpaired) electrons. The molecule has 0 aliphatic rings. The Morgan fingerprint density at radius 2 is 1.80 bits per heavy atom. The molecule has 3 N–H and O–H groups in total. The monoisotopic (exact) mass is 310 g/mol. The first-order valence-electron chi connectivity index (χ1n) is 6.10. The number of halogens is 3. The average molecular weight is 310 g/mol. The zero-order chi connectivity index (χ0) is 15.2. The molecule has 0 saturated heterocycles. The summed E-state index contributed by atoms with van der Waals surface area (Å²) < 4.78 is 62.0. The summed E-state index contributed by atoms with van der Waals surface area (Å²) in [5.74, 6) is 0. The van der Waals surface area contributed by atoms with Crippen LogP contribution in [0.2, 0.25) is 0 Å². The summed E-state index contributed by atoms with van der Waals surface area (Å²) in [6.45, 7) is 0.0441. The number of nitrogens with two attached hydrogens (primary N) is 1. The van der Waals surface area contributed by atoms with E-state index in [1.54, 1.807) is 18.2 Å². The Hall–Kier alpha value is -1.12. The Bertz CT molecular complexity index is 530. The Kier molecular flexibility index (Phi) is 5.97. The first kappa shape index (κ1) is 16.9. The van der Waals surface area contributed by atoms with E-state index < -0.39 is 22.6 Å². The molecule has 0 aliphatic heterocycles. The van der Waals surface area contributed by atoms with E-state index in [0.29, 0.717) is 5.56 Å². The number of alkyl halides is 3. The minimum absolute atomic E-state index is 0.0304. The zero-order valence-electron chi connectivity index (χ0n) is 10.8. The lowest BCUT2D eigenvalue weighted by atomic mass is 10.2. The fourth-order valence-electron chi connectivity index (χ4n) is 1.67. The molecular weight excluding hydrogens is 293 g/mol. The van der Waals surface area contributed by atoms with Crippen molar-refractivity contribution in [1.82, 2.24) is 4.72 Å². The van der Waals surface area contributed by atoms with Gasteiger partial charge in [0.2, 0.25) is 10.0 Å². The van der Waals surface area contributed by atoms with Gasteiger partial charge >= 0.3 is 6.18 Å². The molecule has 20 heavy (non-hydrogen) atoms. The SMILES string of the molecule is NCc1ccccc1S(=O)(=O)NCCCCC(F)(F)F. The highest BCUT2D eigenvalue weighted by Gasteiger charge is 2.26. The molecular formula is C12H17F3N2O2S. The molecule has 0 fully saturated rings. The van der Waals surface area contributed by atoms with Gasteiger partial charge in [-0.25, -0.2) is 13.1 Å². The van der Waals surface area contributed by atoms with Crippen LogP contribution in [0.3, 0.4) is 0 Å². The van der Waals surface area contributed by atoms with Crippen LogP contribution in [-0.2, 0) is 16.6 Å². The van der Waals surface area contributed by atoms with E-state index in [1.807, 2.05) is 0 Å².